The first-order chi connectivity index (χ1) is 14.1. The monoisotopic (exact) mass is 387 g/mol. The molecule has 1 saturated heterocycles. The molecule has 0 atom stereocenters. The van der Waals surface area contributed by atoms with Gasteiger partial charge in [0.25, 0.3) is 5.91 Å². The Bertz CT molecular complexity index is 993. The van der Waals surface area contributed by atoms with E-state index in [2.05, 4.69) is 37.6 Å². The molecule has 4 rings (SSSR count). The maximum atomic E-state index is 12.4. The van der Waals surface area contributed by atoms with Gasteiger partial charge in [0.1, 0.15) is 11.5 Å². The molecular formula is C23H25N5O. The second kappa shape index (κ2) is 8.31. The lowest BCUT2D eigenvalue weighted by atomic mass is 10.1. The van der Waals surface area contributed by atoms with Gasteiger partial charge in [0.2, 0.25) is 0 Å². The van der Waals surface area contributed by atoms with Gasteiger partial charge in [-0.3, -0.25) is 4.79 Å². The molecular weight excluding hydrogens is 362 g/mol. The summed E-state index contributed by atoms with van der Waals surface area (Å²) in [6, 6.07) is 14.1. The molecule has 0 bridgehead atoms. The van der Waals surface area contributed by atoms with Crippen molar-refractivity contribution in [3.05, 3.63) is 71.7 Å². The zero-order valence-corrected chi connectivity index (χ0v) is 16.8. The molecule has 2 heterocycles. The van der Waals surface area contributed by atoms with E-state index in [1.807, 2.05) is 44.2 Å². The molecule has 1 fully saturated rings. The number of aromatic nitrogens is 2. The van der Waals surface area contributed by atoms with Gasteiger partial charge in [-0.15, -0.1) is 0 Å². The third-order valence-corrected chi connectivity index (χ3v) is 5.26. The largest absolute Gasteiger partial charge is 0.372 e. The van der Waals surface area contributed by atoms with Gasteiger partial charge in [0.15, 0.2) is 0 Å². The molecule has 2 N–H and O–H groups in total. The van der Waals surface area contributed by atoms with E-state index in [1.165, 1.54) is 30.3 Å². The molecule has 6 heteroatoms. The number of carbonyl (C=O) groups is 1. The second-order valence-electron chi connectivity index (χ2n) is 7.41. The van der Waals surface area contributed by atoms with Crippen molar-refractivity contribution in [2.45, 2.75) is 26.7 Å². The average Bonchev–Trinajstić information content (AvgIpc) is 3.27. The van der Waals surface area contributed by atoms with E-state index >= 15 is 0 Å². The van der Waals surface area contributed by atoms with E-state index in [1.54, 1.807) is 6.20 Å². The average molecular weight is 387 g/mol. The van der Waals surface area contributed by atoms with Crippen molar-refractivity contribution in [1.29, 1.82) is 0 Å². The highest BCUT2D eigenvalue weighted by Crippen LogP contribution is 2.23. The van der Waals surface area contributed by atoms with Crippen molar-refractivity contribution in [2.75, 3.05) is 28.6 Å². The van der Waals surface area contributed by atoms with Gasteiger partial charge in [-0.05, 0) is 74.2 Å². The molecule has 1 amide bonds. The van der Waals surface area contributed by atoms with Crippen LogP contribution >= 0.6 is 0 Å². The van der Waals surface area contributed by atoms with Crippen LogP contribution in [0.5, 0.6) is 0 Å². The van der Waals surface area contributed by atoms with Crippen molar-refractivity contribution in [3.63, 3.8) is 0 Å². The second-order valence-corrected chi connectivity index (χ2v) is 7.41. The summed E-state index contributed by atoms with van der Waals surface area (Å²) in [5.41, 5.74) is 5.53. The van der Waals surface area contributed by atoms with E-state index in [9.17, 15) is 4.79 Å². The van der Waals surface area contributed by atoms with E-state index in [0.29, 0.717) is 5.82 Å². The lowest BCUT2D eigenvalue weighted by molar-refractivity contribution is 0.102. The molecule has 2 aromatic carbocycles. The molecule has 1 aliphatic rings. The van der Waals surface area contributed by atoms with Crippen LogP contribution in [0.15, 0.2) is 54.9 Å². The van der Waals surface area contributed by atoms with Gasteiger partial charge in [-0.1, -0.05) is 6.07 Å². The number of amides is 1. The fourth-order valence-corrected chi connectivity index (χ4v) is 3.40. The normalized spacial score (nSPS) is 13.4. The number of hydrogen-bond acceptors (Lipinski definition) is 5. The highest BCUT2D eigenvalue weighted by atomic mass is 16.1. The van der Waals surface area contributed by atoms with Crippen LogP contribution in [-0.4, -0.2) is 29.0 Å². The number of rotatable bonds is 5. The summed E-state index contributed by atoms with van der Waals surface area (Å²) in [4.78, 5) is 23.4. The Morgan fingerprint density at radius 2 is 1.62 bits per heavy atom. The Labute approximate surface area is 171 Å². The molecule has 29 heavy (non-hydrogen) atoms. The predicted octanol–water partition coefficient (Wildman–Crippen LogP) is 4.69. The standard InChI is InChI=1S/C23H25N5O/c1-16-5-6-19(13-17(16)2)27-23(29)21-14-25-22(15-24-21)26-18-7-9-20(10-8-18)28-11-3-4-12-28/h5-10,13-15H,3-4,11-12H2,1-2H3,(H,25,26)(H,27,29). The van der Waals surface area contributed by atoms with Crippen LogP contribution in [0.4, 0.5) is 22.9 Å². The molecule has 0 spiro atoms. The van der Waals surface area contributed by atoms with Crippen LogP contribution in [0.3, 0.4) is 0 Å². The lowest BCUT2D eigenvalue weighted by Gasteiger charge is -2.17. The highest BCUT2D eigenvalue weighted by Gasteiger charge is 2.12. The fraction of sp³-hybridized carbons (Fsp3) is 0.261. The third-order valence-electron chi connectivity index (χ3n) is 5.26. The van der Waals surface area contributed by atoms with Gasteiger partial charge in [-0.2, -0.15) is 0 Å². The van der Waals surface area contributed by atoms with Crippen molar-refractivity contribution in [1.82, 2.24) is 9.97 Å². The Kier molecular flexibility index (Phi) is 5.42. The summed E-state index contributed by atoms with van der Waals surface area (Å²) >= 11 is 0. The first-order valence-electron chi connectivity index (χ1n) is 9.91. The molecule has 0 radical (unpaired) electrons. The van der Waals surface area contributed by atoms with Crippen LogP contribution < -0.4 is 15.5 Å². The maximum Gasteiger partial charge on any atom is 0.275 e. The molecule has 0 unspecified atom stereocenters. The van der Waals surface area contributed by atoms with Crippen LogP contribution in [0.25, 0.3) is 0 Å². The van der Waals surface area contributed by atoms with E-state index in [4.69, 9.17) is 0 Å². The first-order valence-corrected chi connectivity index (χ1v) is 9.91. The Morgan fingerprint density at radius 1 is 0.897 bits per heavy atom. The molecule has 3 aromatic rings. The molecule has 1 aromatic heterocycles. The number of nitrogens with one attached hydrogen (secondary N) is 2. The number of nitrogens with zero attached hydrogens (tertiary/aromatic N) is 3. The fourth-order valence-electron chi connectivity index (χ4n) is 3.40. The van der Waals surface area contributed by atoms with Crippen LogP contribution in [0.2, 0.25) is 0 Å². The van der Waals surface area contributed by atoms with Gasteiger partial charge in [-0.25, -0.2) is 9.97 Å². The van der Waals surface area contributed by atoms with Gasteiger partial charge in [0.05, 0.1) is 12.4 Å². The quantitative estimate of drug-likeness (QED) is 0.665. The Hall–Kier alpha value is -3.41. The summed E-state index contributed by atoms with van der Waals surface area (Å²) < 4.78 is 0. The lowest BCUT2D eigenvalue weighted by Crippen LogP contribution is -2.17. The van der Waals surface area contributed by atoms with Crippen LogP contribution in [0.1, 0.15) is 34.5 Å². The van der Waals surface area contributed by atoms with Crippen LogP contribution in [-0.2, 0) is 0 Å². The molecule has 0 aliphatic carbocycles. The topological polar surface area (TPSA) is 70.2 Å². The number of anilines is 4. The smallest absolute Gasteiger partial charge is 0.275 e. The van der Waals surface area contributed by atoms with Crippen molar-refractivity contribution in [2.24, 2.45) is 0 Å². The molecule has 148 valence electrons. The highest BCUT2D eigenvalue weighted by molar-refractivity contribution is 6.02. The third kappa shape index (κ3) is 4.54. The molecule has 1 aliphatic heterocycles. The Morgan fingerprint density at radius 3 is 2.28 bits per heavy atom. The summed E-state index contributed by atoms with van der Waals surface area (Å²) in [6.45, 7) is 6.31. The van der Waals surface area contributed by atoms with E-state index in [0.717, 1.165) is 30.0 Å². The molecule has 6 nitrogen and oxygen atoms in total. The van der Waals surface area contributed by atoms with Crippen molar-refractivity contribution in [3.8, 4) is 0 Å². The minimum atomic E-state index is -0.276. The van der Waals surface area contributed by atoms with E-state index in [-0.39, 0.29) is 11.6 Å². The van der Waals surface area contributed by atoms with E-state index < -0.39 is 0 Å². The summed E-state index contributed by atoms with van der Waals surface area (Å²) in [7, 11) is 0. The first kappa shape index (κ1) is 18.9. The number of benzene rings is 2. The Balaban J connectivity index is 1.38. The zero-order valence-electron chi connectivity index (χ0n) is 16.8. The van der Waals surface area contributed by atoms with Crippen molar-refractivity contribution >= 4 is 28.8 Å². The number of hydrogen-bond donors (Lipinski definition) is 2. The summed E-state index contributed by atoms with van der Waals surface area (Å²) in [5.74, 6) is 0.323. The summed E-state index contributed by atoms with van der Waals surface area (Å²) in [5, 5.41) is 6.09. The van der Waals surface area contributed by atoms with Gasteiger partial charge >= 0.3 is 0 Å². The number of aryl methyl sites for hydroxylation is 2. The van der Waals surface area contributed by atoms with Crippen LogP contribution in [0, 0.1) is 13.8 Å². The zero-order chi connectivity index (χ0) is 20.2. The van der Waals surface area contributed by atoms with Gasteiger partial charge in [0, 0.05) is 30.2 Å². The predicted molar refractivity (Wildman–Crippen MR) is 117 cm³/mol. The minimum absolute atomic E-state index is 0.276. The van der Waals surface area contributed by atoms with Gasteiger partial charge < -0.3 is 15.5 Å². The minimum Gasteiger partial charge on any atom is -0.372 e. The number of carbonyl (C=O) groups excluding carboxylic acids is 1. The maximum absolute atomic E-state index is 12.4. The molecule has 0 saturated carbocycles. The summed E-state index contributed by atoms with van der Waals surface area (Å²) in [6.07, 6.45) is 5.58. The van der Waals surface area contributed by atoms with Crippen molar-refractivity contribution < 1.29 is 4.79 Å². The SMILES string of the molecule is Cc1ccc(NC(=O)c2cnc(Nc3ccc(N4CCCC4)cc3)cn2)cc1C.